The zero-order chi connectivity index (χ0) is 12.0. The van der Waals surface area contributed by atoms with E-state index in [1.807, 2.05) is 37.3 Å². The first kappa shape index (κ1) is 12.3. The van der Waals surface area contributed by atoms with Gasteiger partial charge in [-0.05, 0) is 30.5 Å². The molecule has 0 aliphatic carbocycles. The van der Waals surface area contributed by atoms with Crippen molar-refractivity contribution in [1.29, 1.82) is 0 Å². The Bertz CT molecular complexity index is 397. The van der Waals surface area contributed by atoms with Crippen LogP contribution in [0.4, 0.5) is 5.69 Å². The zero-order valence-electron chi connectivity index (χ0n) is 9.79. The topological polar surface area (TPSA) is 55.1 Å². The fourth-order valence-electron chi connectivity index (χ4n) is 1.35. The highest BCUT2D eigenvalue weighted by Gasteiger charge is 1.93. The molecule has 0 fully saturated rings. The molecule has 86 valence electrons. The molecule has 1 amide bonds. The van der Waals surface area contributed by atoms with E-state index in [0.29, 0.717) is 6.54 Å². The molecule has 0 spiro atoms. The van der Waals surface area contributed by atoms with Crippen molar-refractivity contribution in [1.82, 2.24) is 5.32 Å². The third kappa shape index (κ3) is 4.17. The second-order valence-corrected chi connectivity index (χ2v) is 3.79. The molecule has 0 saturated carbocycles. The van der Waals surface area contributed by atoms with Crippen molar-refractivity contribution in [3.63, 3.8) is 0 Å². The van der Waals surface area contributed by atoms with Gasteiger partial charge in [0.25, 0.3) is 0 Å². The van der Waals surface area contributed by atoms with Gasteiger partial charge in [0.2, 0.25) is 5.91 Å². The normalized spacial score (nSPS) is 10.6. The summed E-state index contributed by atoms with van der Waals surface area (Å²) < 4.78 is 0. The highest BCUT2D eigenvalue weighted by molar-refractivity contribution is 5.72. The molecule has 0 aromatic heterocycles. The number of hydrogen-bond acceptors (Lipinski definition) is 2. The van der Waals surface area contributed by atoms with Gasteiger partial charge < -0.3 is 11.1 Å². The zero-order valence-corrected chi connectivity index (χ0v) is 9.79. The summed E-state index contributed by atoms with van der Waals surface area (Å²) in [4.78, 5) is 10.6. The molecule has 0 aliphatic rings. The van der Waals surface area contributed by atoms with E-state index in [9.17, 15) is 4.79 Å². The lowest BCUT2D eigenvalue weighted by Crippen LogP contribution is -2.20. The predicted molar refractivity (Wildman–Crippen MR) is 67.9 cm³/mol. The number of benzene rings is 1. The summed E-state index contributed by atoms with van der Waals surface area (Å²) >= 11 is 0. The molecule has 0 saturated heterocycles. The predicted octanol–water partition coefficient (Wildman–Crippen LogP) is 2.12. The molecule has 0 aliphatic heterocycles. The van der Waals surface area contributed by atoms with Crippen molar-refractivity contribution in [3.05, 3.63) is 35.4 Å². The highest BCUT2D eigenvalue weighted by Crippen LogP contribution is 2.13. The Morgan fingerprint density at radius 3 is 2.88 bits per heavy atom. The summed E-state index contributed by atoms with van der Waals surface area (Å²) in [5, 5.41) is 2.74. The van der Waals surface area contributed by atoms with E-state index in [0.717, 1.165) is 23.2 Å². The number of carbonyl (C=O) groups is 1. The molecular weight excluding hydrogens is 200 g/mol. The van der Waals surface area contributed by atoms with Gasteiger partial charge in [0.1, 0.15) is 0 Å². The van der Waals surface area contributed by atoms with E-state index >= 15 is 0 Å². The van der Waals surface area contributed by atoms with E-state index in [2.05, 4.69) is 5.32 Å². The molecular formula is C13H18N2O. The second kappa shape index (κ2) is 5.95. The minimum Gasteiger partial charge on any atom is -0.399 e. The minimum absolute atomic E-state index is 0.0109. The van der Waals surface area contributed by atoms with Gasteiger partial charge in [-0.3, -0.25) is 4.79 Å². The number of hydrogen-bond donors (Lipinski definition) is 2. The number of nitrogens with one attached hydrogen (secondary N) is 1. The van der Waals surface area contributed by atoms with Crippen LogP contribution in [-0.4, -0.2) is 12.5 Å². The highest BCUT2D eigenvalue weighted by atomic mass is 16.1. The first-order valence-electron chi connectivity index (χ1n) is 5.36. The monoisotopic (exact) mass is 218 g/mol. The lowest BCUT2D eigenvalue weighted by molar-refractivity contribution is -0.118. The number of nitrogen functional groups attached to an aromatic ring is 1. The number of aryl methyl sites for hydroxylation is 1. The lowest BCUT2D eigenvalue weighted by atomic mass is 10.1. The fourth-order valence-corrected chi connectivity index (χ4v) is 1.35. The average molecular weight is 218 g/mol. The first-order chi connectivity index (χ1) is 7.59. The quantitative estimate of drug-likeness (QED) is 0.600. The molecule has 1 rings (SSSR count). The minimum atomic E-state index is 0.0109. The maximum absolute atomic E-state index is 10.6. The van der Waals surface area contributed by atoms with Crippen LogP contribution in [-0.2, 0) is 4.79 Å². The van der Waals surface area contributed by atoms with E-state index in [4.69, 9.17) is 5.73 Å². The molecule has 0 bridgehead atoms. The number of anilines is 1. The molecule has 16 heavy (non-hydrogen) atoms. The van der Waals surface area contributed by atoms with Gasteiger partial charge in [-0.15, -0.1) is 0 Å². The number of carbonyl (C=O) groups excluding carboxylic acids is 1. The van der Waals surface area contributed by atoms with E-state index in [-0.39, 0.29) is 5.91 Å². The van der Waals surface area contributed by atoms with Crippen molar-refractivity contribution in [2.75, 3.05) is 12.3 Å². The third-order valence-corrected chi connectivity index (χ3v) is 2.29. The van der Waals surface area contributed by atoms with Crippen molar-refractivity contribution in [3.8, 4) is 0 Å². The molecule has 0 unspecified atom stereocenters. The van der Waals surface area contributed by atoms with Crippen LogP contribution in [0.1, 0.15) is 24.5 Å². The van der Waals surface area contributed by atoms with E-state index in [1.54, 1.807) is 0 Å². The van der Waals surface area contributed by atoms with Crippen LogP contribution in [0.25, 0.3) is 6.08 Å². The number of rotatable bonds is 4. The van der Waals surface area contributed by atoms with E-state index < -0.39 is 0 Å². The van der Waals surface area contributed by atoms with Crippen molar-refractivity contribution < 1.29 is 4.79 Å². The summed E-state index contributed by atoms with van der Waals surface area (Å²) in [6.45, 7) is 4.19. The third-order valence-electron chi connectivity index (χ3n) is 2.29. The Morgan fingerprint density at radius 1 is 1.50 bits per heavy atom. The maximum Gasteiger partial charge on any atom is 0.216 e. The molecule has 3 nitrogen and oxygen atoms in total. The number of nitrogens with two attached hydrogens (primary N) is 1. The van der Waals surface area contributed by atoms with Gasteiger partial charge in [-0.2, -0.15) is 0 Å². The summed E-state index contributed by atoms with van der Waals surface area (Å²) in [7, 11) is 0. The van der Waals surface area contributed by atoms with Gasteiger partial charge in [-0.25, -0.2) is 0 Å². The molecule has 1 aromatic carbocycles. The SMILES string of the molecule is CC(=O)NCCC=Cc1ccc(N)c(C)c1. The molecule has 1 aromatic rings. The molecule has 0 heterocycles. The van der Waals surface area contributed by atoms with Crippen LogP contribution in [0.3, 0.4) is 0 Å². The van der Waals surface area contributed by atoms with Crippen molar-refractivity contribution >= 4 is 17.7 Å². The summed E-state index contributed by atoms with van der Waals surface area (Å²) in [6.07, 6.45) is 4.91. The van der Waals surface area contributed by atoms with Crippen LogP contribution in [0.15, 0.2) is 24.3 Å². The average Bonchev–Trinajstić information content (AvgIpc) is 2.22. The molecule has 3 heteroatoms. The van der Waals surface area contributed by atoms with E-state index in [1.165, 1.54) is 6.92 Å². The Hall–Kier alpha value is -1.77. The van der Waals surface area contributed by atoms with Gasteiger partial charge in [0.15, 0.2) is 0 Å². The van der Waals surface area contributed by atoms with Gasteiger partial charge in [-0.1, -0.05) is 24.3 Å². The Balaban J connectivity index is 2.44. The van der Waals surface area contributed by atoms with Gasteiger partial charge in [0, 0.05) is 19.2 Å². The lowest BCUT2D eigenvalue weighted by Gasteiger charge is -2.01. The number of amides is 1. The molecule has 3 N–H and O–H groups in total. The van der Waals surface area contributed by atoms with Crippen molar-refractivity contribution in [2.24, 2.45) is 0 Å². The van der Waals surface area contributed by atoms with Crippen molar-refractivity contribution in [2.45, 2.75) is 20.3 Å². The van der Waals surface area contributed by atoms with Gasteiger partial charge >= 0.3 is 0 Å². The van der Waals surface area contributed by atoms with Crippen LogP contribution in [0.5, 0.6) is 0 Å². The summed E-state index contributed by atoms with van der Waals surface area (Å²) in [5.41, 5.74) is 8.76. The smallest absolute Gasteiger partial charge is 0.216 e. The molecule has 0 atom stereocenters. The Morgan fingerprint density at radius 2 is 2.25 bits per heavy atom. The van der Waals surface area contributed by atoms with Gasteiger partial charge in [0.05, 0.1) is 0 Å². The Labute approximate surface area is 96.3 Å². The molecule has 0 radical (unpaired) electrons. The maximum atomic E-state index is 10.6. The summed E-state index contributed by atoms with van der Waals surface area (Å²) in [6, 6.07) is 5.93. The largest absolute Gasteiger partial charge is 0.399 e. The van der Waals surface area contributed by atoms with Crippen LogP contribution < -0.4 is 11.1 Å². The Kier molecular flexibility index (Phi) is 4.58. The summed E-state index contributed by atoms with van der Waals surface area (Å²) in [5.74, 6) is 0.0109. The standard InChI is InChI=1S/C13H18N2O/c1-10-9-12(6-7-13(10)14)5-3-4-8-15-11(2)16/h3,5-7,9H,4,8,14H2,1-2H3,(H,15,16). The van der Waals surface area contributed by atoms with Crippen LogP contribution in [0, 0.1) is 6.92 Å². The van der Waals surface area contributed by atoms with Crippen LogP contribution >= 0.6 is 0 Å². The van der Waals surface area contributed by atoms with Crippen LogP contribution in [0.2, 0.25) is 0 Å². The first-order valence-corrected chi connectivity index (χ1v) is 5.36. The fraction of sp³-hybridized carbons (Fsp3) is 0.308. The second-order valence-electron chi connectivity index (χ2n) is 3.79.